The van der Waals surface area contributed by atoms with Crippen molar-refractivity contribution >= 4 is 23.5 Å². The molecule has 2 aromatic carbocycles. The van der Waals surface area contributed by atoms with E-state index in [1.54, 1.807) is 24.3 Å². The number of aromatic carboxylic acids is 2. The van der Waals surface area contributed by atoms with Crippen molar-refractivity contribution < 1.29 is 24.6 Å². The van der Waals surface area contributed by atoms with Crippen LogP contribution in [0.25, 0.3) is 11.1 Å². The first kappa shape index (κ1) is 17.7. The van der Waals surface area contributed by atoms with Crippen LogP contribution >= 0.6 is 0 Å². The van der Waals surface area contributed by atoms with Gasteiger partial charge in [0.1, 0.15) is 0 Å². The van der Waals surface area contributed by atoms with E-state index in [1.807, 2.05) is 0 Å². The number of amides is 1. The van der Waals surface area contributed by atoms with Gasteiger partial charge in [-0.1, -0.05) is 12.1 Å². The SMILES string of the molecule is CC(N)=O.Nc1ccc(-c2cc(C(=O)O)ccc2C(=O)O)cc1. The number of anilines is 1. The molecule has 0 saturated heterocycles. The van der Waals surface area contributed by atoms with Gasteiger partial charge in [-0.05, 0) is 41.5 Å². The summed E-state index contributed by atoms with van der Waals surface area (Å²) in [5, 5.41) is 18.1. The molecule has 0 saturated carbocycles. The second kappa shape index (κ2) is 7.60. The standard InChI is InChI=1S/C14H11NO4.C2H5NO/c15-10-4-1-8(2-5-10)12-7-9(13(16)17)3-6-11(12)14(18)19;1-2(3)4/h1-7H,15H2,(H,16,17)(H,18,19);1H3,(H2,3,4). The van der Waals surface area contributed by atoms with E-state index >= 15 is 0 Å². The third-order valence-corrected chi connectivity index (χ3v) is 2.72. The highest BCUT2D eigenvalue weighted by atomic mass is 16.4. The van der Waals surface area contributed by atoms with Crippen molar-refractivity contribution in [2.45, 2.75) is 6.92 Å². The van der Waals surface area contributed by atoms with Crippen molar-refractivity contribution in [1.82, 2.24) is 0 Å². The molecule has 0 atom stereocenters. The van der Waals surface area contributed by atoms with Gasteiger partial charge in [0, 0.05) is 12.6 Å². The Morgan fingerprint density at radius 3 is 1.87 bits per heavy atom. The third kappa shape index (κ3) is 5.16. The Balaban J connectivity index is 0.000000593. The number of primary amides is 1. The van der Waals surface area contributed by atoms with Crippen LogP contribution in [-0.4, -0.2) is 28.1 Å². The monoisotopic (exact) mass is 316 g/mol. The van der Waals surface area contributed by atoms with E-state index in [2.05, 4.69) is 5.73 Å². The smallest absolute Gasteiger partial charge is 0.336 e. The Morgan fingerprint density at radius 2 is 1.43 bits per heavy atom. The fourth-order valence-corrected chi connectivity index (χ4v) is 1.77. The average Bonchev–Trinajstić information content (AvgIpc) is 2.46. The van der Waals surface area contributed by atoms with Crippen molar-refractivity contribution in [3.05, 3.63) is 53.6 Å². The quantitative estimate of drug-likeness (QED) is 0.636. The molecule has 0 fully saturated rings. The zero-order chi connectivity index (χ0) is 17.6. The molecule has 0 aliphatic rings. The molecule has 0 bridgehead atoms. The minimum Gasteiger partial charge on any atom is -0.478 e. The molecule has 0 radical (unpaired) electrons. The van der Waals surface area contributed by atoms with Crippen LogP contribution in [0.1, 0.15) is 27.6 Å². The van der Waals surface area contributed by atoms with Gasteiger partial charge in [0.25, 0.3) is 0 Å². The number of nitrogens with two attached hydrogens (primary N) is 2. The van der Waals surface area contributed by atoms with E-state index in [9.17, 15) is 14.4 Å². The van der Waals surface area contributed by atoms with Crippen LogP contribution in [0.5, 0.6) is 0 Å². The number of carbonyl (C=O) groups excluding carboxylic acids is 1. The van der Waals surface area contributed by atoms with Gasteiger partial charge in [0.05, 0.1) is 11.1 Å². The van der Waals surface area contributed by atoms with E-state index in [0.717, 1.165) is 0 Å². The van der Waals surface area contributed by atoms with Crippen molar-refractivity contribution in [2.75, 3.05) is 5.73 Å². The number of hydrogen-bond acceptors (Lipinski definition) is 4. The van der Waals surface area contributed by atoms with Crippen molar-refractivity contribution in [3.8, 4) is 11.1 Å². The van der Waals surface area contributed by atoms with Crippen LogP contribution in [0, 0.1) is 0 Å². The Labute approximate surface area is 132 Å². The van der Waals surface area contributed by atoms with Crippen molar-refractivity contribution in [1.29, 1.82) is 0 Å². The fraction of sp³-hybridized carbons (Fsp3) is 0.0625. The molecule has 120 valence electrons. The van der Waals surface area contributed by atoms with Gasteiger partial charge >= 0.3 is 11.9 Å². The number of nitrogen functional groups attached to an aromatic ring is 1. The van der Waals surface area contributed by atoms with Crippen molar-refractivity contribution in [3.63, 3.8) is 0 Å². The van der Waals surface area contributed by atoms with Gasteiger partial charge in [-0.25, -0.2) is 9.59 Å². The molecule has 0 spiro atoms. The lowest BCUT2D eigenvalue weighted by atomic mass is 9.97. The summed E-state index contributed by atoms with van der Waals surface area (Å²) in [6.07, 6.45) is 0. The summed E-state index contributed by atoms with van der Waals surface area (Å²) in [6, 6.07) is 10.5. The van der Waals surface area contributed by atoms with Gasteiger partial charge in [-0.3, -0.25) is 4.79 Å². The minimum absolute atomic E-state index is 0.0387. The molecule has 0 heterocycles. The fourth-order valence-electron chi connectivity index (χ4n) is 1.77. The maximum atomic E-state index is 11.2. The summed E-state index contributed by atoms with van der Waals surface area (Å²) in [6.45, 7) is 1.31. The Bertz CT molecular complexity index is 735. The van der Waals surface area contributed by atoms with Crippen LogP contribution in [0.15, 0.2) is 42.5 Å². The lowest BCUT2D eigenvalue weighted by Crippen LogP contribution is -2.03. The van der Waals surface area contributed by atoms with Crippen LogP contribution in [0.4, 0.5) is 5.69 Å². The summed E-state index contributed by atoms with van der Waals surface area (Å²) < 4.78 is 0. The number of carboxylic acid groups (broad SMARTS) is 2. The zero-order valence-corrected chi connectivity index (χ0v) is 12.3. The van der Waals surface area contributed by atoms with Gasteiger partial charge in [-0.15, -0.1) is 0 Å². The molecule has 7 heteroatoms. The number of rotatable bonds is 3. The molecule has 2 rings (SSSR count). The predicted molar refractivity (Wildman–Crippen MR) is 85.1 cm³/mol. The Hall–Kier alpha value is -3.35. The average molecular weight is 316 g/mol. The largest absolute Gasteiger partial charge is 0.478 e. The molecule has 2 aromatic rings. The van der Waals surface area contributed by atoms with Crippen molar-refractivity contribution in [2.24, 2.45) is 5.73 Å². The molecular weight excluding hydrogens is 300 g/mol. The van der Waals surface area contributed by atoms with Gasteiger partial charge in [-0.2, -0.15) is 0 Å². The highest BCUT2D eigenvalue weighted by Gasteiger charge is 2.14. The molecule has 6 N–H and O–H groups in total. The summed E-state index contributed by atoms with van der Waals surface area (Å²) in [5.41, 5.74) is 11.6. The van der Waals surface area contributed by atoms with E-state index in [-0.39, 0.29) is 17.0 Å². The van der Waals surface area contributed by atoms with Crippen LogP contribution in [0.2, 0.25) is 0 Å². The number of hydrogen-bond donors (Lipinski definition) is 4. The number of carboxylic acids is 2. The Morgan fingerprint density at radius 1 is 0.913 bits per heavy atom. The van der Waals surface area contributed by atoms with E-state index in [4.69, 9.17) is 15.9 Å². The van der Waals surface area contributed by atoms with Gasteiger partial charge in [0.2, 0.25) is 5.91 Å². The first-order chi connectivity index (χ1) is 10.7. The van der Waals surface area contributed by atoms with Crippen LogP contribution in [-0.2, 0) is 4.79 Å². The predicted octanol–water partition coefficient (Wildman–Crippen LogP) is 1.82. The molecule has 23 heavy (non-hydrogen) atoms. The van der Waals surface area contributed by atoms with Crippen LogP contribution < -0.4 is 11.5 Å². The summed E-state index contributed by atoms with van der Waals surface area (Å²) in [5.74, 6) is -2.54. The minimum atomic E-state index is -1.11. The number of carbonyl (C=O) groups is 3. The van der Waals surface area contributed by atoms with E-state index in [1.165, 1.54) is 25.1 Å². The van der Waals surface area contributed by atoms with Gasteiger partial charge < -0.3 is 21.7 Å². The highest BCUT2D eigenvalue weighted by molar-refractivity contribution is 5.99. The molecule has 0 unspecified atom stereocenters. The summed E-state index contributed by atoms with van der Waals surface area (Å²) in [4.78, 5) is 31.3. The molecular formula is C16H16N2O5. The second-order valence-corrected chi connectivity index (χ2v) is 4.60. The topological polar surface area (TPSA) is 144 Å². The first-order valence-electron chi connectivity index (χ1n) is 6.45. The summed E-state index contributed by atoms with van der Waals surface area (Å²) in [7, 11) is 0. The molecule has 1 amide bonds. The summed E-state index contributed by atoms with van der Waals surface area (Å²) >= 11 is 0. The van der Waals surface area contributed by atoms with E-state index in [0.29, 0.717) is 16.8 Å². The Kier molecular flexibility index (Phi) is 5.85. The molecule has 7 nitrogen and oxygen atoms in total. The molecule has 0 aromatic heterocycles. The lowest BCUT2D eigenvalue weighted by molar-refractivity contribution is -0.115. The normalized spacial score (nSPS) is 9.43. The second-order valence-electron chi connectivity index (χ2n) is 4.60. The maximum absolute atomic E-state index is 11.2. The molecule has 0 aliphatic carbocycles. The number of benzene rings is 2. The third-order valence-electron chi connectivity index (χ3n) is 2.72. The van der Waals surface area contributed by atoms with Crippen LogP contribution in [0.3, 0.4) is 0 Å². The lowest BCUT2D eigenvalue weighted by Gasteiger charge is -2.08. The van der Waals surface area contributed by atoms with E-state index < -0.39 is 11.9 Å². The molecule has 0 aliphatic heterocycles. The maximum Gasteiger partial charge on any atom is 0.336 e. The van der Waals surface area contributed by atoms with Gasteiger partial charge in [0.15, 0.2) is 0 Å². The highest BCUT2D eigenvalue weighted by Crippen LogP contribution is 2.26. The first-order valence-corrected chi connectivity index (χ1v) is 6.45. The zero-order valence-electron chi connectivity index (χ0n) is 12.3.